The zero-order valence-corrected chi connectivity index (χ0v) is 15.9. The Kier molecular flexibility index (Phi) is 5.23. The van der Waals surface area contributed by atoms with Gasteiger partial charge in [-0.3, -0.25) is 14.5 Å². The van der Waals surface area contributed by atoms with Crippen LogP contribution in [0.5, 0.6) is 0 Å². The van der Waals surface area contributed by atoms with Crippen molar-refractivity contribution in [1.82, 2.24) is 10.2 Å². The minimum Gasteiger partial charge on any atom is -0.324 e. The average Bonchev–Trinajstić information content (AvgIpc) is 2.83. The molecule has 1 aromatic carbocycles. The molecule has 7 heteroatoms. The number of amides is 4. The van der Waals surface area contributed by atoms with Gasteiger partial charge >= 0.3 is 6.03 Å². The molecule has 0 bridgehead atoms. The summed E-state index contributed by atoms with van der Waals surface area (Å²) in [6, 6.07) is 4.70. The van der Waals surface area contributed by atoms with E-state index >= 15 is 0 Å². The Morgan fingerprint density at radius 1 is 1.35 bits per heavy atom. The number of rotatable bonds is 4. The number of carbonyl (C=O) groups excluding carboxylic acids is 3. The van der Waals surface area contributed by atoms with Gasteiger partial charge in [-0.25, -0.2) is 4.79 Å². The third-order valence-corrected chi connectivity index (χ3v) is 5.79. The minimum absolute atomic E-state index is 0.282. The van der Waals surface area contributed by atoms with Gasteiger partial charge in [-0.05, 0) is 56.2 Å². The number of nitrogens with zero attached hydrogens (tertiary/aromatic N) is 1. The van der Waals surface area contributed by atoms with Crippen molar-refractivity contribution in [3.8, 4) is 0 Å². The molecule has 2 fully saturated rings. The molecule has 3 rings (SSSR count). The molecule has 2 aliphatic rings. The van der Waals surface area contributed by atoms with Crippen molar-refractivity contribution in [2.45, 2.75) is 51.5 Å². The zero-order valence-electron chi connectivity index (χ0n) is 15.1. The molecule has 0 unspecified atom stereocenters. The minimum atomic E-state index is -0.824. The molecule has 1 heterocycles. The number of urea groups is 1. The molecule has 2 N–H and O–H groups in total. The molecule has 26 heavy (non-hydrogen) atoms. The first-order valence-electron chi connectivity index (χ1n) is 9.05. The van der Waals surface area contributed by atoms with E-state index in [0.717, 1.165) is 29.7 Å². The van der Waals surface area contributed by atoms with E-state index in [1.54, 1.807) is 18.2 Å². The molecular formula is C19H24ClN3O3. The van der Waals surface area contributed by atoms with E-state index in [1.807, 2.05) is 6.92 Å². The molecule has 0 radical (unpaired) electrons. The Balaban J connectivity index is 1.66. The number of carbonyl (C=O) groups is 3. The summed E-state index contributed by atoms with van der Waals surface area (Å²) < 4.78 is 0. The second-order valence-electron chi connectivity index (χ2n) is 7.26. The normalized spacial score (nSPS) is 25.5. The van der Waals surface area contributed by atoms with Crippen LogP contribution in [0.25, 0.3) is 0 Å². The fraction of sp³-hybridized carbons (Fsp3) is 0.526. The van der Waals surface area contributed by atoms with Crippen molar-refractivity contribution in [2.24, 2.45) is 5.92 Å². The third kappa shape index (κ3) is 3.56. The highest BCUT2D eigenvalue weighted by Gasteiger charge is 2.52. The number of benzene rings is 1. The maximum atomic E-state index is 12.8. The Hall–Kier alpha value is -2.08. The predicted molar refractivity (Wildman–Crippen MR) is 100 cm³/mol. The number of imide groups is 1. The van der Waals surface area contributed by atoms with Crippen LogP contribution in [0.2, 0.25) is 5.02 Å². The molecule has 1 spiro atoms. The lowest BCUT2D eigenvalue weighted by Crippen LogP contribution is -2.49. The lowest BCUT2D eigenvalue weighted by atomic mass is 9.75. The number of halogens is 1. The second-order valence-corrected chi connectivity index (χ2v) is 7.70. The van der Waals surface area contributed by atoms with Crippen LogP contribution < -0.4 is 10.6 Å². The maximum absolute atomic E-state index is 12.8. The number of anilines is 1. The van der Waals surface area contributed by atoms with Crippen LogP contribution >= 0.6 is 11.6 Å². The van der Waals surface area contributed by atoms with E-state index in [0.29, 0.717) is 29.5 Å². The van der Waals surface area contributed by atoms with Gasteiger partial charge in [0.2, 0.25) is 5.91 Å². The maximum Gasteiger partial charge on any atom is 0.325 e. The molecule has 1 aliphatic carbocycles. The number of aryl methyl sites for hydroxylation is 1. The molecule has 6 nitrogen and oxygen atoms in total. The van der Waals surface area contributed by atoms with Gasteiger partial charge in [-0.2, -0.15) is 0 Å². The summed E-state index contributed by atoms with van der Waals surface area (Å²) in [6.45, 7) is 3.70. The lowest BCUT2D eigenvalue weighted by molar-refractivity contribution is -0.135. The van der Waals surface area contributed by atoms with Gasteiger partial charge in [0, 0.05) is 10.7 Å². The first kappa shape index (κ1) is 18.7. The lowest BCUT2D eigenvalue weighted by Gasteiger charge is -2.34. The Bertz CT molecular complexity index is 742. The van der Waals surface area contributed by atoms with Crippen molar-refractivity contribution in [3.05, 3.63) is 28.8 Å². The molecule has 1 aliphatic heterocycles. The summed E-state index contributed by atoms with van der Waals surface area (Å²) in [6.07, 6.45) is 4.21. The molecular weight excluding hydrogens is 354 g/mol. The van der Waals surface area contributed by atoms with Crippen LogP contribution in [0.3, 0.4) is 0 Å². The summed E-state index contributed by atoms with van der Waals surface area (Å²) in [7, 11) is 0. The molecule has 4 amide bonds. The highest BCUT2D eigenvalue weighted by atomic mass is 35.5. The summed E-state index contributed by atoms with van der Waals surface area (Å²) in [4.78, 5) is 38.5. The van der Waals surface area contributed by atoms with Gasteiger partial charge in [-0.15, -0.1) is 0 Å². The smallest absolute Gasteiger partial charge is 0.324 e. The molecule has 140 valence electrons. The number of nitrogens with one attached hydrogen (secondary N) is 2. The summed E-state index contributed by atoms with van der Waals surface area (Å²) in [5.74, 6) is -0.0957. The van der Waals surface area contributed by atoms with Crippen LogP contribution in [0.1, 0.15) is 44.6 Å². The number of hydrogen-bond acceptors (Lipinski definition) is 3. The van der Waals surface area contributed by atoms with Gasteiger partial charge in [0.1, 0.15) is 12.1 Å². The van der Waals surface area contributed by atoms with Gasteiger partial charge in [0.15, 0.2) is 0 Å². The van der Waals surface area contributed by atoms with Gasteiger partial charge in [0.05, 0.1) is 0 Å². The predicted octanol–water partition coefficient (Wildman–Crippen LogP) is 3.48. The molecule has 0 atom stereocenters. The summed E-state index contributed by atoms with van der Waals surface area (Å²) in [5, 5.41) is 6.08. The largest absolute Gasteiger partial charge is 0.325 e. The van der Waals surface area contributed by atoms with E-state index in [9.17, 15) is 14.4 Å². The molecule has 1 saturated carbocycles. The van der Waals surface area contributed by atoms with E-state index in [1.165, 1.54) is 0 Å². The molecule has 1 saturated heterocycles. The second kappa shape index (κ2) is 7.27. The van der Waals surface area contributed by atoms with E-state index in [-0.39, 0.29) is 12.5 Å². The van der Waals surface area contributed by atoms with Gasteiger partial charge in [-0.1, -0.05) is 31.0 Å². The van der Waals surface area contributed by atoms with Crippen molar-refractivity contribution < 1.29 is 14.4 Å². The van der Waals surface area contributed by atoms with E-state index < -0.39 is 17.5 Å². The summed E-state index contributed by atoms with van der Waals surface area (Å²) in [5.41, 5.74) is 0.608. The fourth-order valence-electron chi connectivity index (χ4n) is 3.80. The van der Waals surface area contributed by atoms with Gasteiger partial charge in [0.25, 0.3) is 5.91 Å². The Labute approximate surface area is 158 Å². The van der Waals surface area contributed by atoms with Crippen molar-refractivity contribution in [3.63, 3.8) is 0 Å². The highest BCUT2D eigenvalue weighted by Crippen LogP contribution is 2.37. The highest BCUT2D eigenvalue weighted by molar-refractivity contribution is 6.31. The molecule has 1 aromatic rings. The van der Waals surface area contributed by atoms with Crippen LogP contribution in [0.4, 0.5) is 10.5 Å². The van der Waals surface area contributed by atoms with Crippen LogP contribution in [0, 0.1) is 12.8 Å². The Morgan fingerprint density at radius 2 is 2.04 bits per heavy atom. The third-order valence-electron chi connectivity index (χ3n) is 5.56. The van der Waals surface area contributed by atoms with E-state index in [4.69, 9.17) is 11.6 Å². The first-order chi connectivity index (χ1) is 12.3. The van der Waals surface area contributed by atoms with Crippen LogP contribution in [-0.4, -0.2) is 34.8 Å². The van der Waals surface area contributed by atoms with Gasteiger partial charge < -0.3 is 10.6 Å². The van der Waals surface area contributed by atoms with Crippen LogP contribution in [0.15, 0.2) is 18.2 Å². The van der Waals surface area contributed by atoms with E-state index in [2.05, 4.69) is 17.6 Å². The monoisotopic (exact) mass is 377 g/mol. The van der Waals surface area contributed by atoms with Crippen molar-refractivity contribution in [2.75, 3.05) is 11.9 Å². The van der Waals surface area contributed by atoms with Crippen molar-refractivity contribution in [1.29, 1.82) is 0 Å². The first-order valence-corrected chi connectivity index (χ1v) is 9.42. The quantitative estimate of drug-likeness (QED) is 0.788. The standard InChI is InChI=1S/C19H24ClN3O3/c1-3-13-6-8-19(9-7-13)17(25)23(18(26)22-19)11-16(24)21-15-10-14(20)5-4-12(15)2/h4-5,10,13H,3,6-9,11H2,1-2H3,(H,21,24)(H,22,26). The summed E-state index contributed by atoms with van der Waals surface area (Å²) >= 11 is 5.96. The average molecular weight is 378 g/mol. The Morgan fingerprint density at radius 3 is 2.69 bits per heavy atom. The van der Waals surface area contributed by atoms with Crippen molar-refractivity contribution >= 4 is 35.1 Å². The van der Waals surface area contributed by atoms with Crippen LogP contribution in [-0.2, 0) is 9.59 Å². The SMILES string of the molecule is CCC1CCC2(CC1)NC(=O)N(CC(=O)Nc1cc(Cl)ccc1C)C2=O. The fourth-order valence-corrected chi connectivity index (χ4v) is 3.97. The molecule has 0 aromatic heterocycles. The number of hydrogen-bond donors (Lipinski definition) is 2. The topological polar surface area (TPSA) is 78.5 Å². The zero-order chi connectivity index (χ0) is 18.9.